The van der Waals surface area contributed by atoms with Gasteiger partial charge in [0.2, 0.25) is 0 Å². The average Bonchev–Trinajstić information content (AvgIpc) is 2.49. The third-order valence-corrected chi connectivity index (χ3v) is 2.26. The van der Waals surface area contributed by atoms with Gasteiger partial charge in [0.25, 0.3) is 0 Å². The SMILES string of the molecule is CONC(=O)N[C@@H](C)Cc1c(C)noc1C. The largest absolute Gasteiger partial charge is 0.361 e. The number of rotatable bonds is 4. The van der Waals surface area contributed by atoms with Gasteiger partial charge in [0.05, 0.1) is 12.8 Å². The van der Waals surface area contributed by atoms with Crippen LogP contribution in [0.2, 0.25) is 0 Å². The Labute approximate surface area is 94.3 Å². The molecule has 1 heterocycles. The van der Waals surface area contributed by atoms with Crippen LogP contribution < -0.4 is 10.8 Å². The standard InChI is InChI=1S/C10H17N3O3/c1-6(11-10(14)13-15-4)5-9-7(2)12-16-8(9)3/h6H,5H2,1-4H3,(H2,11,13,14)/t6-/m0/s1. The lowest BCUT2D eigenvalue weighted by atomic mass is 10.1. The first-order valence-corrected chi connectivity index (χ1v) is 5.05. The Bertz CT molecular complexity index is 343. The zero-order chi connectivity index (χ0) is 12.1. The first-order valence-electron chi connectivity index (χ1n) is 5.05. The predicted octanol–water partition coefficient (Wildman–Crippen LogP) is 1.08. The van der Waals surface area contributed by atoms with Gasteiger partial charge in [-0.2, -0.15) is 0 Å². The number of aryl methyl sites for hydroxylation is 2. The first-order chi connectivity index (χ1) is 7.54. The molecule has 0 bridgehead atoms. The van der Waals surface area contributed by atoms with Gasteiger partial charge in [-0.1, -0.05) is 5.16 Å². The molecule has 2 amide bonds. The molecule has 0 aliphatic carbocycles. The van der Waals surface area contributed by atoms with E-state index in [1.807, 2.05) is 20.8 Å². The lowest BCUT2D eigenvalue weighted by Crippen LogP contribution is -2.41. The monoisotopic (exact) mass is 227 g/mol. The number of hydrogen-bond donors (Lipinski definition) is 2. The number of urea groups is 1. The maximum absolute atomic E-state index is 11.2. The number of nitrogens with one attached hydrogen (secondary N) is 2. The van der Waals surface area contributed by atoms with Gasteiger partial charge >= 0.3 is 6.03 Å². The summed E-state index contributed by atoms with van der Waals surface area (Å²) in [7, 11) is 1.39. The minimum Gasteiger partial charge on any atom is -0.361 e. The summed E-state index contributed by atoms with van der Waals surface area (Å²) in [5.74, 6) is 0.790. The van der Waals surface area contributed by atoms with Gasteiger partial charge in [-0.15, -0.1) is 0 Å². The molecule has 0 aromatic carbocycles. The third kappa shape index (κ3) is 3.23. The molecule has 1 aromatic rings. The van der Waals surface area contributed by atoms with Crippen LogP contribution in [0.5, 0.6) is 0 Å². The Morgan fingerprint density at radius 3 is 2.75 bits per heavy atom. The van der Waals surface area contributed by atoms with E-state index in [4.69, 9.17) is 4.52 Å². The van der Waals surface area contributed by atoms with Crippen molar-refractivity contribution < 1.29 is 14.2 Å². The Kier molecular flexibility index (Phi) is 4.30. The van der Waals surface area contributed by atoms with Crippen molar-refractivity contribution >= 4 is 6.03 Å². The van der Waals surface area contributed by atoms with E-state index in [0.29, 0.717) is 6.42 Å². The average molecular weight is 227 g/mol. The van der Waals surface area contributed by atoms with E-state index in [0.717, 1.165) is 17.0 Å². The topological polar surface area (TPSA) is 76.4 Å². The van der Waals surface area contributed by atoms with E-state index in [1.54, 1.807) is 0 Å². The summed E-state index contributed by atoms with van der Waals surface area (Å²) in [6.45, 7) is 5.65. The summed E-state index contributed by atoms with van der Waals surface area (Å²) in [6.07, 6.45) is 0.679. The Morgan fingerprint density at radius 2 is 2.25 bits per heavy atom. The lowest BCUT2D eigenvalue weighted by Gasteiger charge is -2.13. The van der Waals surface area contributed by atoms with Crippen LogP contribution in [0.25, 0.3) is 0 Å². The van der Waals surface area contributed by atoms with Crippen molar-refractivity contribution in [3.05, 3.63) is 17.0 Å². The smallest absolute Gasteiger partial charge is 0.338 e. The number of hydrogen-bond acceptors (Lipinski definition) is 4. The number of amides is 2. The number of carbonyl (C=O) groups excluding carboxylic acids is 1. The summed E-state index contributed by atoms with van der Waals surface area (Å²) in [5, 5.41) is 6.59. The molecule has 6 nitrogen and oxygen atoms in total. The lowest BCUT2D eigenvalue weighted by molar-refractivity contribution is 0.106. The highest BCUT2D eigenvalue weighted by Gasteiger charge is 2.14. The van der Waals surface area contributed by atoms with Crippen LogP contribution in [0.4, 0.5) is 4.79 Å². The van der Waals surface area contributed by atoms with Gasteiger partial charge < -0.3 is 9.84 Å². The molecule has 0 unspecified atom stereocenters. The van der Waals surface area contributed by atoms with Crippen molar-refractivity contribution in [1.29, 1.82) is 0 Å². The molecule has 0 aliphatic heterocycles. The summed E-state index contributed by atoms with van der Waals surface area (Å²) >= 11 is 0. The normalized spacial score (nSPS) is 12.2. The Hall–Kier alpha value is -1.56. The molecule has 90 valence electrons. The fraction of sp³-hybridized carbons (Fsp3) is 0.600. The molecule has 6 heteroatoms. The molecular weight excluding hydrogens is 210 g/mol. The second-order valence-corrected chi connectivity index (χ2v) is 3.69. The maximum Gasteiger partial charge on any atom is 0.338 e. The second-order valence-electron chi connectivity index (χ2n) is 3.69. The Morgan fingerprint density at radius 1 is 1.56 bits per heavy atom. The van der Waals surface area contributed by atoms with E-state index < -0.39 is 0 Å². The Balaban J connectivity index is 2.51. The van der Waals surface area contributed by atoms with E-state index in [2.05, 4.69) is 20.8 Å². The van der Waals surface area contributed by atoms with E-state index >= 15 is 0 Å². The molecule has 0 aliphatic rings. The minimum absolute atomic E-state index is 0.0213. The summed E-state index contributed by atoms with van der Waals surface area (Å²) in [5.41, 5.74) is 4.09. The minimum atomic E-state index is -0.359. The molecule has 0 saturated heterocycles. The van der Waals surface area contributed by atoms with Crippen LogP contribution >= 0.6 is 0 Å². The van der Waals surface area contributed by atoms with Crippen LogP contribution in [0.3, 0.4) is 0 Å². The number of hydroxylamine groups is 1. The van der Waals surface area contributed by atoms with E-state index in [-0.39, 0.29) is 12.1 Å². The summed E-state index contributed by atoms with van der Waals surface area (Å²) < 4.78 is 5.05. The van der Waals surface area contributed by atoms with E-state index in [1.165, 1.54) is 7.11 Å². The molecule has 0 spiro atoms. The zero-order valence-electron chi connectivity index (χ0n) is 9.96. The molecular formula is C10H17N3O3. The highest BCUT2D eigenvalue weighted by Crippen LogP contribution is 2.14. The highest BCUT2D eigenvalue weighted by atomic mass is 16.6. The van der Waals surface area contributed by atoms with Crippen molar-refractivity contribution in [2.45, 2.75) is 33.2 Å². The molecule has 1 atom stereocenters. The second kappa shape index (κ2) is 5.50. The van der Waals surface area contributed by atoms with Crippen LogP contribution in [-0.2, 0) is 11.3 Å². The fourth-order valence-corrected chi connectivity index (χ4v) is 1.50. The van der Waals surface area contributed by atoms with Gasteiger partial charge in [-0.05, 0) is 27.2 Å². The summed E-state index contributed by atoms with van der Waals surface area (Å²) in [4.78, 5) is 15.7. The van der Waals surface area contributed by atoms with Crippen molar-refractivity contribution in [2.75, 3.05) is 7.11 Å². The van der Waals surface area contributed by atoms with Crippen LogP contribution in [0.1, 0.15) is 23.9 Å². The molecule has 1 rings (SSSR count). The predicted molar refractivity (Wildman–Crippen MR) is 57.8 cm³/mol. The molecule has 0 saturated carbocycles. The van der Waals surface area contributed by atoms with Gasteiger partial charge in [-0.25, -0.2) is 10.3 Å². The van der Waals surface area contributed by atoms with Crippen LogP contribution in [0, 0.1) is 13.8 Å². The zero-order valence-corrected chi connectivity index (χ0v) is 9.96. The fourth-order valence-electron chi connectivity index (χ4n) is 1.50. The van der Waals surface area contributed by atoms with Gasteiger partial charge in [0.1, 0.15) is 5.76 Å². The molecule has 0 fully saturated rings. The first kappa shape index (κ1) is 12.5. The van der Waals surface area contributed by atoms with Gasteiger partial charge in [0.15, 0.2) is 0 Å². The summed E-state index contributed by atoms with van der Waals surface area (Å²) in [6, 6.07) is -0.381. The van der Waals surface area contributed by atoms with Crippen LogP contribution in [0.15, 0.2) is 4.52 Å². The van der Waals surface area contributed by atoms with Gasteiger partial charge in [0, 0.05) is 11.6 Å². The van der Waals surface area contributed by atoms with Crippen molar-refractivity contribution in [3.8, 4) is 0 Å². The van der Waals surface area contributed by atoms with E-state index in [9.17, 15) is 4.79 Å². The highest BCUT2D eigenvalue weighted by molar-refractivity contribution is 5.72. The maximum atomic E-state index is 11.2. The molecule has 0 radical (unpaired) electrons. The van der Waals surface area contributed by atoms with Crippen molar-refractivity contribution in [3.63, 3.8) is 0 Å². The third-order valence-electron chi connectivity index (χ3n) is 2.26. The quantitative estimate of drug-likeness (QED) is 0.755. The van der Waals surface area contributed by atoms with Gasteiger partial charge in [-0.3, -0.25) is 4.84 Å². The molecule has 2 N–H and O–H groups in total. The molecule has 1 aromatic heterocycles. The van der Waals surface area contributed by atoms with Crippen molar-refractivity contribution in [2.24, 2.45) is 0 Å². The molecule has 16 heavy (non-hydrogen) atoms. The number of carbonyl (C=O) groups is 1. The number of aromatic nitrogens is 1. The van der Waals surface area contributed by atoms with Crippen molar-refractivity contribution in [1.82, 2.24) is 16.0 Å². The van der Waals surface area contributed by atoms with Crippen LogP contribution in [-0.4, -0.2) is 24.3 Å². The number of nitrogens with zero attached hydrogens (tertiary/aromatic N) is 1.